The van der Waals surface area contributed by atoms with Gasteiger partial charge in [0.05, 0.1) is 28.1 Å². The highest BCUT2D eigenvalue weighted by Gasteiger charge is 2.33. The van der Waals surface area contributed by atoms with E-state index >= 15 is 0 Å². The zero-order valence-electron chi connectivity index (χ0n) is 16.3. The van der Waals surface area contributed by atoms with Crippen LogP contribution in [0.2, 0.25) is 0 Å². The molecule has 2 aromatic carbocycles. The lowest BCUT2D eigenvalue weighted by atomic mass is 9.93. The summed E-state index contributed by atoms with van der Waals surface area (Å²) in [7, 11) is 0. The van der Waals surface area contributed by atoms with Gasteiger partial charge in [-0.3, -0.25) is 25.5 Å². The summed E-state index contributed by atoms with van der Waals surface area (Å²) >= 11 is 0. The lowest BCUT2D eigenvalue weighted by molar-refractivity contribution is -0.385. The van der Waals surface area contributed by atoms with Crippen molar-refractivity contribution in [3.8, 4) is 0 Å². The van der Waals surface area contributed by atoms with E-state index in [4.69, 9.17) is 4.74 Å². The van der Waals surface area contributed by atoms with E-state index in [1.807, 2.05) is 0 Å². The van der Waals surface area contributed by atoms with Crippen LogP contribution in [0.1, 0.15) is 37.2 Å². The summed E-state index contributed by atoms with van der Waals surface area (Å²) in [4.78, 5) is 33.5. The van der Waals surface area contributed by atoms with E-state index < -0.39 is 28.0 Å². The maximum absolute atomic E-state index is 12.6. The number of hydrogen-bond donors (Lipinski definition) is 2. The number of carbonyl (C=O) groups excluding carboxylic acids is 1. The van der Waals surface area contributed by atoms with Gasteiger partial charge >= 0.3 is 5.97 Å². The molecule has 2 atom stereocenters. The molecule has 0 radical (unpaired) electrons. The number of non-ortho nitro benzene ring substituents is 2. The van der Waals surface area contributed by atoms with Crippen LogP contribution >= 0.6 is 0 Å². The van der Waals surface area contributed by atoms with Crippen molar-refractivity contribution in [2.75, 3.05) is 6.61 Å². The Hall–Kier alpha value is -3.79. The predicted octanol–water partition coefficient (Wildman–Crippen LogP) is 3.27. The number of hydrogen-bond acceptors (Lipinski definition) is 8. The fourth-order valence-corrected chi connectivity index (χ4v) is 3.30. The Labute approximate surface area is 171 Å². The van der Waals surface area contributed by atoms with Crippen molar-refractivity contribution in [2.45, 2.75) is 26.1 Å². The van der Waals surface area contributed by atoms with Crippen molar-refractivity contribution in [3.63, 3.8) is 0 Å². The van der Waals surface area contributed by atoms with E-state index in [2.05, 4.69) is 10.6 Å². The highest BCUT2D eigenvalue weighted by atomic mass is 16.6. The van der Waals surface area contributed by atoms with Gasteiger partial charge in [0.15, 0.2) is 0 Å². The fourth-order valence-electron chi connectivity index (χ4n) is 3.30. The second-order valence-electron chi connectivity index (χ2n) is 6.63. The maximum atomic E-state index is 12.6. The van der Waals surface area contributed by atoms with Crippen LogP contribution in [-0.2, 0) is 9.53 Å². The smallest absolute Gasteiger partial charge is 0.337 e. The van der Waals surface area contributed by atoms with E-state index in [0.29, 0.717) is 16.8 Å². The quantitative estimate of drug-likeness (QED) is 0.419. The van der Waals surface area contributed by atoms with Gasteiger partial charge in [0, 0.05) is 30.0 Å². The molecule has 1 aliphatic heterocycles. The second kappa shape index (κ2) is 8.70. The highest BCUT2D eigenvalue weighted by Crippen LogP contribution is 2.33. The van der Waals surface area contributed by atoms with Crippen LogP contribution in [0.25, 0.3) is 0 Å². The molecule has 1 heterocycles. The minimum atomic E-state index is -0.591. The summed E-state index contributed by atoms with van der Waals surface area (Å²) in [5, 5.41) is 28.3. The third kappa shape index (κ3) is 4.28. The first-order valence-corrected chi connectivity index (χ1v) is 9.21. The Morgan fingerprint density at radius 3 is 1.93 bits per heavy atom. The van der Waals surface area contributed by atoms with Crippen LogP contribution in [0.3, 0.4) is 0 Å². The molecule has 10 nitrogen and oxygen atoms in total. The van der Waals surface area contributed by atoms with Crippen molar-refractivity contribution in [3.05, 3.63) is 91.2 Å². The number of nitro benzene ring substituents is 2. The normalized spacial score (nSPS) is 18.5. The van der Waals surface area contributed by atoms with Gasteiger partial charge in [-0.15, -0.1) is 0 Å². The third-order valence-corrected chi connectivity index (χ3v) is 4.76. The third-order valence-electron chi connectivity index (χ3n) is 4.76. The van der Waals surface area contributed by atoms with Crippen LogP contribution in [0.15, 0.2) is 59.8 Å². The summed E-state index contributed by atoms with van der Waals surface area (Å²) in [6.07, 6.45) is -0.441. The molecular weight excluding hydrogens is 392 g/mol. The zero-order chi connectivity index (χ0) is 21.8. The van der Waals surface area contributed by atoms with Crippen LogP contribution in [-0.4, -0.2) is 22.4 Å². The molecule has 0 aromatic heterocycles. The lowest BCUT2D eigenvalue weighted by Crippen LogP contribution is -2.44. The van der Waals surface area contributed by atoms with E-state index in [1.54, 1.807) is 38.1 Å². The number of rotatable bonds is 6. The van der Waals surface area contributed by atoms with Gasteiger partial charge in [0.25, 0.3) is 11.4 Å². The maximum Gasteiger partial charge on any atom is 0.337 e. The van der Waals surface area contributed by atoms with E-state index in [-0.39, 0.29) is 18.0 Å². The number of ether oxygens (including phenoxy) is 1. The van der Waals surface area contributed by atoms with Crippen molar-refractivity contribution in [2.24, 2.45) is 0 Å². The van der Waals surface area contributed by atoms with Gasteiger partial charge in [0.2, 0.25) is 0 Å². The largest absolute Gasteiger partial charge is 0.463 e. The molecule has 1 aliphatic rings. The first-order chi connectivity index (χ1) is 14.3. The minimum absolute atomic E-state index is 0.0269. The Balaban J connectivity index is 1.99. The van der Waals surface area contributed by atoms with Crippen LogP contribution in [0.4, 0.5) is 11.4 Å². The van der Waals surface area contributed by atoms with Gasteiger partial charge in [0.1, 0.15) is 6.17 Å². The molecular formula is C20H20N4O6. The molecule has 0 unspecified atom stereocenters. The Bertz CT molecular complexity index is 1000. The van der Waals surface area contributed by atoms with Crippen molar-refractivity contribution in [1.29, 1.82) is 0 Å². The first kappa shape index (κ1) is 20.9. The number of carbonyl (C=O) groups is 1. The summed E-state index contributed by atoms with van der Waals surface area (Å²) < 4.78 is 5.19. The average Bonchev–Trinajstić information content (AvgIpc) is 2.73. The van der Waals surface area contributed by atoms with Crippen LogP contribution in [0, 0.1) is 20.2 Å². The molecule has 0 spiro atoms. The summed E-state index contributed by atoms with van der Waals surface area (Å²) in [5.74, 6) is -0.500. The monoisotopic (exact) mass is 412 g/mol. The van der Waals surface area contributed by atoms with E-state index in [0.717, 1.165) is 5.56 Å². The highest BCUT2D eigenvalue weighted by molar-refractivity contribution is 5.91. The van der Waals surface area contributed by atoms with E-state index in [1.165, 1.54) is 24.3 Å². The van der Waals surface area contributed by atoms with Crippen molar-refractivity contribution in [1.82, 2.24) is 10.6 Å². The van der Waals surface area contributed by atoms with Gasteiger partial charge < -0.3 is 10.1 Å². The molecule has 0 bridgehead atoms. The van der Waals surface area contributed by atoms with Crippen LogP contribution in [0.5, 0.6) is 0 Å². The van der Waals surface area contributed by atoms with Crippen molar-refractivity contribution < 1.29 is 19.4 Å². The Kier molecular flexibility index (Phi) is 6.07. The molecule has 2 N–H and O–H groups in total. The second-order valence-corrected chi connectivity index (χ2v) is 6.63. The molecule has 0 fully saturated rings. The van der Waals surface area contributed by atoms with E-state index in [9.17, 15) is 25.0 Å². The Morgan fingerprint density at radius 2 is 1.47 bits per heavy atom. The molecule has 0 saturated heterocycles. The lowest BCUT2D eigenvalue weighted by Gasteiger charge is -2.35. The number of nitrogens with zero attached hydrogens (tertiary/aromatic N) is 2. The van der Waals surface area contributed by atoms with Gasteiger partial charge in [-0.2, -0.15) is 0 Å². The number of nitro groups is 2. The van der Waals surface area contributed by atoms with Gasteiger partial charge in [-0.25, -0.2) is 4.79 Å². The number of allylic oxidation sites excluding steroid dienone is 1. The topological polar surface area (TPSA) is 137 Å². The fraction of sp³-hybridized carbons (Fsp3) is 0.250. The van der Waals surface area contributed by atoms with Crippen LogP contribution < -0.4 is 10.6 Å². The number of benzene rings is 2. The molecule has 0 amide bonds. The number of nitrogens with one attached hydrogen (secondary N) is 2. The van der Waals surface area contributed by atoms with Gasteiger partial charge in [-0.1, -0.05) is 12.1 Å². The molecule has 3 rings (SSSR count). The molecule has 156 valence electrons. The van der Waals surface area contributed by atoms with Crippen molar-refractivity contribution >= 4 is 17.3 Å². The number of esters is 1. The SMILES string of the molecule is CCOC(=O)C1=C(C)N[C@H](c2ccc([N+](=O)[O-])cc2)N[C@@H]1c1ccc([N+](=O)[O-])cc1. The Morgan fingerprint density at radius 1 is 0.967 bits per heavy atom. The molecule has 30 heavy (non-hydrogen) atoms. The van der Waals surface area contributed by atoms with Gasteiger partial charge in [-0.05, 0) is 37.1 Å². The average molecular weight is 412 g/mol. The molecule has 0 aliphatic carbocycles. The zero-order valence-corrected chi connectivity index (χ0v) is 16.3. The summed E-state index contributed by atoms with van der Waals surface area (Å²) in [6, 6.07) is 11.4. The molecule has 2 aromatic rings. The minimum Gasteiger partial charge on any atom is -0.463 e. The standard InChI is InChI=1S/C20H20N4O6/c1-3-30-20(25)17-12(2)21-19(14-6-10-16(11-7-14)24(28)29)22-18(17)13-4-8-15(9-5-13)23(26)27/h4-11,18-19,21-22H,3H2,1-2H3/t18-,19+/m1/s1. The first-order valence-electron chi connectivity index (χ1n) is 9.21. The summed E-state index contributed by atoms with van der Waals surface area (Å²) in [6.45, 7) is 3.65. The summed E-state index contributed by atoms with van der Waals surface area (Å²) in [5.41, 5.74) is 2.24. The predicted molar refractivity (Wildman–Crippen MR) is 107 cm³/mol. The molecule has 0 saturated carbocycles. The molecule has 10 heteroatoms.